The van der Waals surface area contributed by atoms with Gasteiger partial charge in [-0.1, -0.05) is 30.3 Å². The van der Waals surface area contributed by atoms with Gasteiger partial charge < -0.3 is 9.52 Å². The van der Waals surface area contributed by atoms with Gasteiger partial charge in [-0.25, -0.2) is 9.18 Å². The van der Waals surface area contributed by atoms with Gasteiger partial charge in [0.1, 0.15) is 5.76 Å². The summed E-state index contributed by atoms with van der Waals surface area (Å²) in [4.78, 5) is 11.2. The van der Waals surface area contributed by atoms with E-state index >= 15 is 0 Å². The van der Waals surface area contributed by atoms with E-state index in [1.54, 1.807) is 36.4 Å². The van der Waals surface area contributed by atoms with Gasteiger partial charge in [0.2, 0.25) is 0 Å². The molecule has 1 aromatic heterocycles. The summed E-state index contributed by atoms with van der Waals surface area (Å²) in [7, 11) is 0. The Balaban J connectivity index is 2.25. The summed E-state index contributed by atoms with van der Waals surface area (Å²) in [5, 5.41) is 9.75. The van der Waals surface area contributed by atoms with Crippen molar-refractivity contribution < 1.29 is 18.7 Å². The normalized spacial score (nSPS) is 10.8. The molecule has 0 radical (unpaired) electrons. The van der Waals surface area contributed by atoms with E-state index in [2.05, 4.69) is 0 Å². The fraction of sp³-hybridized carbons (Fsp3) is 0. The molecule has 0 amide bonds. The lowest BCUT2D eigenvalue weighted by Crippen LogP contribution is -1.98. The Morgan fingerprint density at radius 3 is 2.63 bits per heavy atom. The minimum atomic E-state index is -1.04. The van der Waals surface area contributed by atoms with E-state index in [0.29, 0.717) is 16.7 Å². The van der Waals surface area contributed by atoms with Crippen LogP contribution < -0.4 is 0 Å². The first-order chi connectivity index (χ1) is 9.16. The Kier molecular flexibility index (Phi) is 2.56. The zero-order valence-corrected chi connectivity index (χ0v) is 9.76. The summed E-state index contributed by atoms with van der Waals surface area (Å²) >= 11 is 0. The molecule has 0 fully saturated rings. The number of carboxylic acids is 1. The van der Waals surface area contributed by atoms with Gasteiger partial charge in [-0.05, 0) is 18.2 Å². The molecule has 0 aliphatic rings. The van der Waals surface area contributed by atoms with Crippen LogP contribution in [0.3, 0.4) is 0 Å². The van der Waals surface area contributed by atoms with Crippen LogP contribution in [0.25, 0.3) is 22.3 Å². The van der Waals surface area contributed by atoms with Crippen LogP contribution >= 0.6 is 0 Å². The maximum Gasteiger partial charge on any atom is 0.336 e. The van der Waals surface area contributed by atoms with Crippen LogP contribution in [0, 0.1) is 5.82 Å². The molecule has 2 aromatic carbocycles. The van der Waals surface area contributed by atoms with Crippen LogP contribution in [0.15, 0.2) is 52.9 Å². The molecule has 0 saturated carbocycles. The quantitative estimate of drug-likeness (QED) is 0.755. The highest BCUT2D eigenvalue weighted by Crippen LogP contribution is 2.31. The van der Waals surface area contributed by atoms with Crippen LogP contribution in [0.5, 0.6) is 0 Å². The van der Waals surface area contributed by atoms with E-state index < -0.39 is 11.8 Å². The van der Waals surface area contributed by atoms with E-state index in [-0.39, 0.29) is 11.1 Å². The van der Waals surface area contributed by atoms with E-state index in [1.165, 1.54) is 12.1 Å². The van der Waals surface area contributed by atoms with Crippen LogP contribution in [0.4, 0.5) is 4.39 Å². The number of benzene rings is 2. The molecular formula is C15H9FO3. The smallest absolute Gasteiger partial charge is 0.336 e. The van der Waals surface area contributed by atoms with Crippen molar-refractivity contribution in [3.63, 3.8) is 0 Å². The average Bonchev–Trinajstić information content (AvgIpc) is 2.84. The third-order valence-corrected chi connectivity index (χ3v) is 2.92. The molecule has 0 aliphatic carbocycles. The first kappa shape index (κ1) is 11.5. The van der Waals surface area contributed by atoms with Gasteiger partial charge in [0.25, 0.3) is 0 Å². The van der Waals surface area contributed by atoms with Crippen molar-refractivity contribution in [3.8, 4) is 11.3 Å². The largest absolute Gasteiger partial charge is 0.478 e. The molecule has 0 aliphatic heterocycles. The Morgan fingerprint density at radius 2 is 1.89 bits per heavy atom. The summed E-state index contributed by atoms with van der Waals surface area (Å²) in [6, 6.07) is 12.7. The number of halogens is 1. The third-order valence-electron chi connectivity index (χ3n) is 2.92. The van der Waals surface area contributed by atoms with Gasteiger partial charge in [0.15, 0.2) is 11.4 Å². The topological polar surface area (TPSA) is 50.4 Å². The van der Waals surface area contributed by atoms with Gasteiger partial charge in [0, 0.05) is 10.9 Å². The van der Waals surface area contributed by atoms with Crippen molar-refractivity contribution in [2.45, 2.75) is 0 Å². The number of para-hydroxylation sites is 1. The van der Waals surface area contributed by atoms with Gasteiger partial charge in [0.05, 0.1) is 5.56 Å². The van der Waals surface area contributed by atoms with Gasteiger partial charge >= 0.3 is 5.97 Å². The summed E-state index contributed by atoms with van der Waals surface area (Å²) in [6.07, 6.45) is 0. The molecular weight excluding hydrogens is 247 g/mol. The zero-order chi connectivity index (χ0) is 13.4. The molecule has 3 rings (SSSR count). The molecule has 4 heteroatoms. The predicted octanol–water partition coefficient (Wildman–Crippen LogP) is 3.94. The summed E-state index contributed by atoms with van der Waals surface area (Å²) < 4.78 is 19.0. The molecule has 0 bridgehead atoms. The second-order valence-electron chi connectivity index (χ2n) is 4.12. The predicted molar refractivity (Wildman–Crippen MR) is 68.6 cm³/mol. The lowest BCUT2D eigenvalue weighted by atomic mass is 10.1. The third kappa shape index (κ3) is 1.87. The van der Waals surface area contributed by atoms with Crippen LogP contribution in [-0.4, -0.2) is 11.1 Å². The Bertz CT molecular complexity index is 774. The molecule has 1 N–H and O–H groups in total. The fourth-order valence-corrected chi connectivity index (χ4v) is 2.04. The first-order valence-corrected chi connectivity index (χ1v) is 5.67. The number of rotatable bonds is 2. The van der Waals surface area contributed by atoms with Crippen molar-refractivity contribution in [2.24, 2.45) is 0 Å². The van der Waals surface area contributed by atoms with Crippen LogP contribution in [-0.2, 0) is 0 Å². The minimum Gasteiger partial charge on any atom is -0.478 e. The summed E-state index contributed by atoms with van der Waals surface area (Å²) in [5.74, 6) is -1.16. The van der Waals surface area contributed by atoms with E-state index in [9.17, 15) is 9.18 Å². The van der Waals surface area contributed by atoms with Crippen molar-refractivity contribution in [1.29, 1.82) is 0 Å². The first-order valence-electron chi connectivity index (χ1n) is 5.67. The highest BCUT2D eigenvalue weighted by Gasteiger charge is 2.15. The molecule has 0 atom stereocenters. The van der Waals surface area contributed by atoms with E-state index in [1.807, 2.05) is 0 Å². The Labute approximate surface area is 107 Å². The molecule has 19 heavy (non-hydrogen) atoms. The Hall–Kier alpha value is -2.62. The Morgan fingerprint density at radius 1 is 1.11 bits per heavy atom. The highest BCUT2D eigenvalue weighted by atomic mass is 19.1. The zero-order valence-electron chi connectivity index (χ0n) is 9.76. The summed E-state index contributed by atoms with van der Waals surface area (Å²) in [5.41, 5.74) is 0.699. The lowest BCUT2D eigenvalue weighted by molar-refractivity contribution is 0.0697. The number of hydrogen-bond donors (Lipinski definition) is 1. The van der Waals surface area contributed by atoms with Crippen LogP contribution in [0.2, 0.25) is 0 Å². The van der Waals surface area contributed by atoms with Crippen molar-refractivity contribution >= 4 is 16.9 Å². The molecule has 1 heterocycles. The van der Waals surface area contributed by atoms with E-state index in [0.717, 1.165) is 0 Å². The van der Waals surface area contributed by atoms with E-state index in [4.69, 9.17) is 9.52 Å². The molecule has 0 saturated heterocycles. The standard InChI is InChI=1S/C15H9FO3/c16-12-7-3-4-9-8-13(19-14(9)12)10-5-1-2-6-11(10)15(17)18/h1-8H,(H,17,18). The number of hydrogen-bond acceptors (Lipinski definition) is 2. The van der Waals surface area contributed by atoms with Gasteiger partial charge in [-0.2, -0.15) is 0 Å². The second-order valence-corrected chi connectivity index (χ2v) is 4.12. The maximum atomic E-state index is 13.6. The van der Waals surface area contributed by atoms with Crippen molar-refractivity contribution in [3.05, 3.63) is 59.9 Å². The highest BCUT2D eigenvalue weighted by molar-refractivity contribution is 5.96. The number of carboxylic acid groups (broad SMARTS) is 1. The molecule has 94 valence electrons. The average molecular weight is 256 g/mol. The number of fused-ring (bicyclic) bond motifs is 1. The number of aromatic carboxylic acids is 1. The molecule has 3 aromatic rings. The second kappa shape index (κ2) is 4.24. The van der Waals surface area contributed by atoms with Crippen molar-refractivity contribution in [2.75, 3.05) is 0 Å². The SMILES string of the molecule is O=C(O)c1ccccc1-c1cc2cccc(F)c2o1. The summed E-state index contributed by atoms with van der Waals surface area (Å²) in [6.45, 7) is 0. The van der Waals surface area contributed by atoms with Crippen molar-refractivity contribution in [1.82, 2.24) is 0 Å². The number of furan rings is 1. The fourth-order valence-electron chi connectivity index (χ4n) is 2.04. The van der Waals surface area contributed by atoms with Gasteiger partial charge in [-0.15, -0.1) is 0 Å². The van der Waals surface area contributed by atoms with Crippen LogP contribution in [0.1, 0.15) is 10.4 Å². The maximum absolute atomic E-state index is 13.6. The number of carbonyl (C=O) groups is 1. The monoisotopic (exact) mass is 256 g/mol. The van der Waals surface area contributed by atoms with Gasteiger partial charge in [-0.3, -0.25) is 0 Å². The molecule has 0 spiro atoms. The molecule has 3 nitrogen and oxygen atoms in total. The minimum absolute atomic E-state index is 0.127. The lowest BCUT2D eigenvalue weighted by Gasteiger charge is -2.01. The molecule has 0 unspecified atom stereocenters.